The number of aryl methyl sites for hydroxylation is 2. The number of hydrogen-bond acceptors (Lipinski definition) is 7. The number of nitrogens with zero attached hydrogens (tertiary/aromatic N) is 8. The zero-order valence-corrected chi connectivity index (χ0v) is 15.6. The number of rotatable bonds is 3. The molecule has 0 bridgehead atoms. The SMILES string of the molecule is CCc1nnc2c(N3CCCN(c4ncnc(C)c4C)CC3)nccn12. The van der Waals surface area contributed by atoms with Gasteiger partial charge in [0, 0.05) is 56.3 Å². The molecule has 0 saturated carbocycles. The molecule has 0 unspecified atom stereocenters. The van der Waals surface area contributed by atoms with Gasteiger partial charge in [-0.3, -0.25) is 4.40 Å². The second-order valence-electron chi connectivity index (χ2n) is 6.65. The van der Waals surface area contributed by atoms with E-state index in [0.717, 1.165) is 73.4 Å². The van der Waals surface area contributed by atoms with Crippen LogP contribution in [0, 0.1) is 13.8 Å². The zero-order chi connectivity index (χ0) is 18.1. The van der Waals surface area contributed by atoms with E-state index in [9.17, 15) is 0 Å². The Morgan fingerprint density at radius 2 is 1.69 bits per heavy atom. The highest BCUT2D eigenvalue weighted by atomic mass is 15.3. The van der Waals surface area contributed by atoms with Crippen molar-refractivity contribution in [1.82, 2.24) is 29.5 Å². The third-order valence-electron chi connectivity index (χ3n) is 5.10. The van der Waals surface area contributed by atoms with Crippen LogP contribution in [0.2, 0.25) is 0 Å². The minimum absolute atomic E-state index is 0.840. The van der Waals surface area contributed by atoms with Gasteiger partial charge in [-0.2, -0.15) is 0 Å². The van der Waals surface area contributed by atoms with Crippen molar-refractivity contribution in [3.63, 3.8) is 0 Å². The first kappa shape index (κ1) is 16.7. The van der Waals surface area contributed by atoms with Gasteiger partial charge in [0.15, 0.2) is 5.82 Å². The third-order valence-corrected chi connectivity index (χ3v) is 5.10. The summed E-state index contributed by atoms with van der Waals surface area (Å²) in [5.74, 6) is 2.92. The predicted octanol–water partition coefficient (Wildman–Crippen LogP) is 1.81. The lowest BCUT2D eigenvalue weighted by atomic mass is 10.2. The van der Waals surface area contributed by atoms with Gasteiger partial charge in [0.05, 0.1) is 0 Å². The molecule has 1 saturated heterocycles. The lowest BCUT2D eigenvalue weighted by Gasteiger charge is -2.24. The molecule has 0 atom stereocenters. The molecule has 0 aliphatic carbocycles. The maximum atomic E-state index is 4.61. The van der Waals surface area contributed by atoms with Crippen LogP contribution in [0.25, 0.3) is 5.65 Å². The average Bonchev–Trinajstić information content (AvgIpc) is 2.93. The van der Waals surface area contributed by atoms with E-state index in [1.807, 2.05) is 23.7 Å². The highest BCUT2D eigenvalue weighted by molar-refractivity contribution is 5.64. The quantitative estimate of drug-likeness (QED) is 0.711. The van der Waals surface area contributed by atoms with Crippen molar-refractivity contribution < 1.29 is 0 Å². The summed E-state index contributed by atoms with van der Waals surface area (Å²) >= 11 is 0. The second kappa shape index (κ2) is 6.86. The van der Waals surface area contributed by atoms with Gasteiger partial charge in [0.1, 0.15) is 18.0 Å². The maximum Gasteiger partial charge on any atom is 0.203 e. The fourth-order valence-corrected chi connectivity index (χ4v) is 3.51. The summed E-state index contributed by atoms with van der Waals surface area (Å²) in [4.78, 5) is 18.1. The molecule has 4 heterocycles. The van der Waals surface area contributed by atoms with Gasteiger partial charge < -0.3 is 9.80 Å². The monoisotopic (exact) mass is 352 g/mol. The zero-order valence-electron chi connectivity index (χ0n) is 15.6. The van der Waals surface area contributed by atoms with Crippen molar-refractivity contribution in [2.75, 3.05) is 36.0 Å². The van der Waals surface area contributed by atoms with Crippen LogP contribution in [0.5, 0.6) is 0 Å². The van der Waals surface area contributed by atoms with Crippen molar-refractivity contribution in [2.45, 2.75) is 33.6 Å². The largest absolute Gasteiger partial charge is 0.354 e. The Hall–Kier alpha value is -2.77. The lowest BCUT2D eigenvalue weighted by Crippen LogP contribution is -2.32. The van der Waals surface area contributed by atoms with E-state index in [0.29, 0.717) is 0 Å². The number of anilines is 2. The first-order chi connectivity index (χ1) is 12.7. The molecule has 0 amide bonds. The third kappa shape index (κ3) is 2.85. The molecule has 3 aromatic rings. The van der Waals surface area contributed by atoms with Crippen LogP contribution in [0.3, 0.4) is 0 Å². The van der Waals surface area contributed by atoms with Crippen LogP contribution < -0.4 is 9.80 Å². The molecule has 0 N–H and O–H groups in total. The molecule has 4 rings (SSSR count). The highest BCUT2D eigenvalue weighted by Crippen LogP contribution is 2.23. The van der Waals surface area contributed by atoms with Gasteiger partial charge in [0.25, 0.3) is 0 Å². The van der Waals surface area contributed by atoms with Crippen LogP contribution in [0.4, 0.5) is 11.6 Å². The molecule has 0 aromatic carbocycles. The van der Waals surface area contributed by atoms with Gasteiger partial charge in [-0.1, -0.05) is 6.92 Å². The Balaban J connectivity index is 1.60. The molecule has 0 radical (unpaired) electrons. The van der Waals surface area contributed by atoms with E-state index >= 15 is 0 Å². The van der Waals surface area contributed by atoms with Gasteiger partial charge >= 0.3 is 0 Å². The summed E-state index contributed by atoms with van der Waals surface area (Å²) in [6.45, 7) is 9.92. The van der Waals surface area contributed by atoms with E-state index in [4.69, 9.17) is 0 Å². The van der Waals surface area contributed by atoms with Crippen LogP contribution in [0.15, 0.2) is 18.7 Å². The van der Waals surface area contributed by atoms with E-state index in [-0.39, 0.29) is 0 Å². The van der Waals surface area contributed by atoms with Crippen LogP contribution in [0.1, 0.15) is 30.4 Å². The molecular formula is C18H24N8. The van der Waals surface area contributed by atoms with Crippen molar-refractivity contribution >= 4 is 17.3 Å². The Labute approximate surface area is 152 Å². The van der Waals surface area contributed by atoms with Crippen molar-refractivity contribution in [2.24, 2.45) is 0 Å². The van der Waals surface area contributed by atoms with Crippen LogP contribution >= 0.6 is 0 Å². The topological polar surface area (TPSA) is 75.3 Å². The molecule has 8 nitrogen and oxygen atoms in total. The smallest absolute Gasteiger partial charge is 0.203 e. The summed E-state index contributed by atoms with van der Waals surface area (Å²) in [7, 11) is 0. The van der Waals surface area contributed by atoms with Crippen LogP contribution in [-0.2, 0) is 6.42 Å². The van der Waals surface area contributed by atoms with E-state index in [2.05, 4.69) is 48.8 Å². The maximum absolute atomic E-state index is 4.61. The van der Waals surface area contributed by atoms with Crippen molar-refractivity contribution in [1.29, 1.82) is 0 Å². The minimum Gasteiger partial charge on any atom is -0.354 e. The Morgan fingerprint density at radius 1 is 0.923 bits per heavy atom. The molecule has 3 aromatic heterocycles. The van der Waals surface area contributed by atoms with Gasteiger partial charge in [-0.15, -0.1) is 10.2 Å². The molecule has 136 valence electrons. The molecular weight excluding hydrogens is 328 g/mol. The summed E-state index contributed by atoms with van der Waals surface area (Å²) in [6.07, 6.45) is 7.33. The first-order valence-electron chi connectivity index (χ1n) is 9.15. The summed E-state index contributed by atoms with van der Waals surface area (Å²) < 4.78 is 2.04. The Morgan fingerprint density at radius 3 is 2.46 bits per heavy atom. The molecule has 1 aliphatic heterocycles. The van der Waals surface area contributed by atoms with Crippen molar-refractivity contribution in [3.05, 3.63) is 35.8 Å². The van der Waals surface area contributed by atoms with Gasteiger partial charge in [-0.25, -0.2) is 15.0 Å². The molecule has 1 aliphatic rings. The molecule has 1 fully saturated rings. The summed E-state index contributed by atoms with van der Waals surface area (Å²) in [5.41, 5.74) is 3.04. The average molecular weight is 352 g/mol. The number of aromatic nitrogens is 6. The summed E-state index contributed by atoms with van der Waals surface area (Å²) in [6, 6.07) is 0. The molecule has 26 heavy (non-hydrogen) atoms. The second-order valence-corrected chi connectivity index (χ2v) is 6.65. The first-order valence-corrected chi connectivity index (χ1v) is 9.15. The van der Waals surface area contributed by atoms with Crippen molar-refractivity contribution in [3.8, 4) is 0 Å². The normalized spacial score (nSPS) is 15.5. The van der Waals surface area contributed by atoms with E-state index in [1.54, 1.807) is 6.33 Å². The predicted molar refractivity (Wildman–Crippen MR) is 101 cm³/mol. The Kier molecular flexibility index (Phi) is 4.40. The Bertz CT molecular complexity index is 919. The van der Waals surface area contributed by atoms with Gasteiger partial charge in [0.2, 0.25) is 5.65 Å². The number of hydrogen-bond donors (Lipinski definition) is 0. The standard InChI is InChI=1S/C18H24N8/c1-4-15-22-23-18-17(19-6-9-26(15)18)25-8-5-7-24(10-11-25)16-13(2)14(3)20-12-21-16/h6,9,12H,4-5,7-8,10-11H2,1-3H3. The van der Waals surface area contributed by atoms with Gasteiger partial charge in [-0.05, 0) is 20.3 Å². The molecule has 8 heteroatoms. The fourth-order valence-electron chi connectivity index (χ4n) is 3.51. The number of fused-ring (bicyclic) bond motifs is 1. The lowest BCUT2D eigenvalue weighted by molar-refractivity contribution is 0.788. The van der Waals surface area contributed by atoms with E-state index < -0.39 is 0 Å². The van der Waals surface area contributed by atoms with E-state index in [1.165, 1.54) is 0 Å². The highest BCUT2D eigenvalue weighted by Gasteiger charge is 2.21. The fraction of sp³-hybridized carbons (Fsp3) is 0.500. The minimum atomic E-state index is 0.840. The van der Waals surface area contributed by atoms with Crippen LogP contribution in [-0.4, -0.2) is 55.7 Å². The summed E-state index contributed by atoms with van der Waals surface area (Å²) in [5, 5.41) is 8.67. The molecule has 0 spiro atoms.